The summed E-state index contributed by atoms with van der Waals surface area (Å²) in [5, 5.41) is 15.1. The van der Waals surface area contributed by atoms with Gasteiger partial charge in [0.05, 0.1) is 12.7 Å². The predicted octanol–water partition coefficient (Wildman–Crippen LogP) is 5.21. The molecule has 0 unspecified atom stereocenters. The summed E-state index contributed by atoms with van der Waals surface area (Å²) in [5.41, 5.74) is -1.22. The van der Waals surface area contributed by atoms with E-state index in [1.54, 1.807) is 0 Å². The number of aromatic hydroxyl groups is 1. The lowest BCUT2D eigenvalue weighted by atomic mass is 9.81. The highest BCUT2D eigenvalue weighted by atomic mass is 19.1. The van der Waals surface area contributed by atoms with Gasteiger partial charge in [-0.15, -0.1) is 6.42 Å². The van der Waals surface area contributed by atoms with Crippen molar-refractivity contribution in [1.29, 1.82) is 0 Å². The molecular weight excluding hydrogens is 609 g/mol. The number of likely N-dealkylation sites (tertiary alicyclic amines) is 1. The number of nitrogens with zero attached hydrogens (tertiary/aromatic N) is 5. The smallest absolute Gasteiger partial charge is 0.319 e. The van der Waals surface area contributed by atoms with Crippen molar-refractivity contribution in [2.75, 3.05) is 51.3 Å². The minimum atomic E-state index is -1.09. The molecule has 0 spiro atoms. The molecule has 3 aliphatic rings. The lowest BCUT2D eigenvalue weighted by Crippen LogP contribution is -2.51. The molecule has 4 aromatic rings. The van der Waals surface area contributed by atoms with Gasteiger partial charge in [0, 0.05) is 54.6 Å². The van der Waals surface area contributed by atoms with Gasteiger partial charge in [0.2, 0.25) is 5.88 Å². The fraction of sp³-hybridized carbons (Fsp3) is 0.457. The van der Waals surface area contributed by atoms with E-state index in [9.17, 15) is 9.50 Å². The molecular formula is C35H37F3N6O3. The second kappa shape index (κ2) is 12.0. The van der Waals surface area contributed by atoms with E-state index in [2.05, 4.69) is 31.0 Å². The van der Waals surface area contributed by atoms with Crippen LogP contribution in [0.4, 0.5) is 19.0 Å². The predicted molar refractivity (Wildman–Crippen MR) is 174 cm³/mol. The standard InChI is InChI=1S/C35H37F3N6O3/c1-5-23-25(36)10-7-19-13-22(45)14-24(27(19)23)30-29(38)31-28(33(40-30)46-4)32(44-15-20-8-9-21(16-44)39-20)42-34(41-31)47-18-35(3)17-43(6-2)12-11-26(35)37/h1,7,10,13-14,20-21,26,39,45H,6,8-9,11-12,15-18H2,2-4H3/t20-,21+,26-,35+/m1/s1. The number of benzene rings is 2. The van der Waals surface area contributed by atoms with Gasteiger partial charge in [-0.2, -0.15) is 9.97 Å². The number of methoxy groups -OCH3 is 1. The first-order valence-corrected chi connectivity index (χ1v) is 16.0. The van der Waals surface area contributed by atoms with E-state index in [1.165, 1.54) is 31.4 Å². The van der Waals surface area contributed by atoms with Crippen molar-refractivity contribution in [3.8, 4) is 41.2 Å². The van der Waals surface area contributed by atoms with E-state index in [0.29, 0.717) is 43.8 Å². The molecule has 3 fully saturated rings. The number of rotatable bonds is 7. The van der Waals surface area contributed by atoms with E-state index in [1.807, 2.05) is 13.8 Å². The van der Waals surface area contributed by atoms with Crippen molar-refractivity contribution in [2.24, 2.45) is 5.41 Å². The summed E-state index contributed by atoms with van der Waals surface area (Å²) in [6.07, 6.45) is 7.01. The van der Waals surface area contributed by atoms with Gasteiger partial charge in [0.15, 0.2) is 5.82 Å². The van der Waals surface area contributed by atoms with E-state index < -0.39 is 23.2 Å². The Kier molecular flexibility index (Phi) is 8.00. The van der Waals surface area contributed by atoms with E-state index in [0.717, 1.165) is 19.4 Å². The van der Waals surface area contributed by atoms with Crippen molar-refractivity contribution in [3.63, 3.8) is 0 Å². The summed E-state index contributed by atoms with van der Waals surface area (Å²) in [7, 11) is 1.41. The van der Waals surface area contributed by atoms with Crippen molar-refractivity contribution < 1.29 is 27.8 Å². The van der Waals surface area contributed by atoms with Crippen LogP contribution in [-0.4, -0.2) is 89.7 Å². The Bertz CT molecular complexity index is 1910. The second-order valence-electron chi connectivity index (χ2n) is 13.1. The molecule has 0 saturated carbocycles. The SMILES string of the molecule is C#Cc1c(F)ccc2cc(O)cc(-c3nc(OC)c4c(N5C[C@H]6CC[C@@H](C5)N6)nc(OC[C@]5(C)CN(CC)CC[C@H]5F)nc4c3F)c12. The van der Waals surface area contributed by atoms with Crippen LogP contribution in [0.25, 0.3) is 32.9 Å². The van der Waals surface area contributed by atoms with Gasteiger partial charge in [-0.05, 0) is 49.4 Å². The highest BCUT2D eigenvalue weighted by Gasteiger charge is 2.41. The molecule has 12 heteroatoms. The van der Waals surface area contributed by atoms with Crippen LogP contribution < -0.4 is 19.7 Å². The number of phenolic OH excluding ortho intramolecular Hbond substituents is 1. The maximum Gasteiger partial charge on any atom is 0.319 e. The number of terminal acetylenes is 1. The normalized spacial score (nSPS) is 24.5. The molecule has 9 nitrogen and oxygen atoms in total. The number of pyridine rings is 1. The van der Waals surface area contributed by atoms with Crippen LogP contribution in [-0.2, 0) is 0 Å². The molecule has 246 valence electrons. The summed E-state index contributed by atoms with van der Waals surface area (Å²) in [6.45, 7) is 7.07. The van der Waals surface area contributed by atoms with Crippen LogP contribution in [0.15, 0.2) is 24.3 Å². The van der Waals surface area contributed by atoms with Crippen molar-refractivity contribution >= 4 is 27.5 Å². The first kappa shape index (κ1) is 31.3. The van der Waals surface area contributed by atoms with Crippen LogP contribution in [0.2, 0.25) is 0 Å². The first-order chi connectivity index (χ1) is 22.6. The third-order valence-electron chi connectivity index (χ3n) is 9.89. The molecule has 7 rings (SSSR count). The van der Waals surface area contributed by atoms with Gasteiger partial charge in [-0.1, -0.05) is 25.8 Å². The molecule has 2 aromatic heterocycles. The number of nitrogens with one attached hydrogen (secondary N) is 1. The molecule has 0 amide bonds. The number of piperidine rings is 1. The molecule has 3 saturated heterocycles. The Labute approximate surface area is 271 Å². The Morgan fingerprint density at radius 2 is 1.87 bits per heavy atom. The van der Waals surface area contributed by atoms with Gasteiger partial charge in [-0.3, -0.25) is 0 Å². The number of piperazine rings is 1. The van der Waals surface area contributed by atoms with Crippen molar-refractivity contribution in [3.05, 3.63) is 41.5 Å². The maximum absolute atomic E-state index is 17.0. The largest absolute Gasteiger partial charge is 0.508 e. The lowest BCUT2D eigenvalue weighted by Gasteiger charge is -2.42. The zero-order chi connectivity index (χ0) is 33.0. The molecule has 2 N–H and O–H groups in total. The molecule has 2 bridgehead atoms. The van der Waals surface area contributed by atoms with Gasteiger partial charge >= 0.3 is 6.01 Å². The molecule has 3 aliphatic heterocycles. The van der Waals surface area contributed by atoms with E-state index in [-0.39, 0.29) is 69.4 Å². The fourth-order valence-corrected chi connectivity index (χ4v) is 7.41. The van der Waals surface area contributed by atoms with Gasteiger partial charge in [0.25, 0.3) is 0 Å². The van der Waals surface area contributed by atoms with Gasteiger partial charge in [-0.25, -0.2) is 18.2 Å². The van der Waals surface area contributed by atoms with Crippen LogP contribution in [0, 0.1) is 29.4 Å². The monoisotopic (exact) mass is 646 g/mol. The number of hydrogen-bond acceptors (Lipinski definition) is 9. The van der Waals surface area contributed by atoms with Crippen LogP contribution >= 0.6 is 0 Å². The number of alkyl halides is 1. The van der Waals surface area contributed by atoms with Gasteiger partial charge < -0.3 is 29.7 Å². The highest BCUT2D eigenvalue weighted by Crippen LogP contribution is 2.43. The number of ether oxygens (including phenoxy) is 2. The van der Waals surface area contributed by atoms with Crippen LogP contribution in [0.3, 0.4) is 0 Å². The minimum absolute atomic E-state index is 0.0128. The van der Waals surface area contributed by atoms with E-state index in [4.69, 9.17) is 20.9 Å². The Balaban J connectivity index is 1.42. The quantitative estimate of drug-likeness (QED) is 0.263. The van der Waals surface area contributed by atoms with Crippen LogP contribution in [0.1, 0.15) is 38.7 Å². The average Bonchev–Trinajstić information content (AvgIpc) is 3.41. The van der Waals surface area contributed by atoms with Crippen molar-refractivity contribution in [1.82, 2.24) is 25.2 Å². The summed E-state index contributed by atoms with van der Waals surface area (Å²) in [6, 6.07) is 5.73. The number of anilines is 1. The Morgan fingerprint density at radius 1 is 1.11 bits per heavy atom. The summed E-state index contributed by atoms with van der Waals surface area (Å²) < 4.78 is 59.1. The first-order valence-electron chi connectivity index (χ1n) is 16.0. The minimum Gasteiger partial charge on any atom is -0.508 e. The Morgan fingerprint density at radius 3 is 2.57 bits per heavy atom. The summed E-state index contributed by atoms with van der Waals surface area (Å²) in [4.78, 5) is 18.1. The molecule has 47 heavy (non-hydrogen) atoms. The lowest BCUT2D eigenvalue weighted by molar-refractivity contribution is -0.0154. The van der Waals surface area contributed by atoms with Crippen molar-refractivity contribution in [2.45, 2.75) is 51.4 Å². The molecule has 2 aromatic carbocycles. The Hall–Kier alpha value is -4.34. The average molecular weight is 647 g/mol. The second-order valence-corrected chi connectivity index (χ2v) is 13.1. The number of phenols is 1. The fourth-order valence-electron chi connectivity index (χ4n) is 7.41. The zero-order valence-corrected chi connectivity index (χ0v) is 26.6. The molecule has 0 radical (unpaired) electrons. The highest BCUT2D eigenvalue weighted by molar-refractivity contribution is 6.04. The molecule has 4 atom stereocenters. The number of fused-ring (bicyclic) bond motifs is 4. The number of hydrogen-bond donors (Lipinski definition) is 2. The summed E-state index contributed by atoms with van der Waals surface area (Å²) >= 11 is 0. The zero-order valence-electron chi connectivity index (χ0n) is 26.6. The van der Waals surface area contributed by atoms with Crippen LogP contribution in [0.5, 0.6) is 17.6 Å². The third-order valence-corrected chi connectivity index (χ3v) is 9.89. The summed E-state index contributed by atoms with van der Waals surface area (Å²) in [5.74, 6) is 1.09. The maximum atomic E-state index is 17.0. The third kappa shape index (κ3) is 5.45. The number of aromatic nitrogens is 3. The number of halogens is 3. The van der Waals surface area contributed by atoms with Gasteiger partial charge in [0.1, 0.15) is 46.8 Å². The van der Waals surface area contributed by atoms with E-state index >= 15 is 8.78 Å². The molecule has 0 aliphatic carbocycles. The molecule has 5 heterocycles. The topological polar surface area (TPSA) is 95.9 Å².